The van der Waals surface area contributed by atoms with E-state index in [0.717, 1.165) is 10.9 Å². The van der Waals surface area contributed by atoms with Gasteiger partial charge in [0.05, 0.1) is 5.69 Å². The fourth-order valence-corrected chi connectivity index (χ4v) is 3.25. The van der Waals surface area contributed by atoms with Crippen molar-refractivity contribution in [2.75, 3.05) is 18.5 Å². The fourth-order valence-electron chi connectivity index (χ4n) is 1.36. The molecule has 1 aromatic rings. The van der Waals surface area contributed by atoms with Crippen LogP contribution in [0.3, 0.4) is 0 Å². The lowest BCUT2D eigenvalue weighted by atomic mass is 10.3. The van der Waals surface area contributed by atoms with Crippen LogP contribution in [0.15, 0.2) is 27.6 Å². The second kappa shape index (κ2) is 6.79. The van der Waals surface area contributed by atoms with Crippen molar-refractivity contribution in [2.24, 2.45) is 0 Å². The van der Waals surface area contributed by atoms with Gasteiger partial charge in [0.25, 0.3) is 0 Å². The van der Waals surface area contributed by atoms with Crippen LogP contribution < -0.4 is 10.5 Å². The third-order valence-corrected chi connectivity index (χ3v) is 5.58. The molecule has 0 radical (unpaired) electrons. The summed E-state index contributed by atoms with van der Waals surface area (Å²) in [5, 5.41) is 0.426. The lowest BCUT2D eigenvalue weighted by Gasteiger charge is -2.11. The molecule has 0 aliphatic rings. The third kappa shape index (κ3) is 4.46. The molecule has 1 rings (SSSR count). The Morgan fingerprint density at radius 2 is 2.17 bits per heavy atom. The summed E-state index contributed by atoms with van der Waals surface area (Å²) in [6.45, 7) is 2.48. The highest BCUT2D eigenvalue weighted by Crippen LogP contribution is 2.22. The highest BCUT2D eigenvalue weighted by atomic mass is 79.9. The molecule has 0 aromatic heterocycles. The van der Waals surface area contributed by atoms with E-state index in [9.17, 15) is 8.42 Å². The van der Waals surface area contributed by atoms with E-state index in [4.69, 9.17) is 5.73 Å². The van der Waals surface area contributed by atoms with Crippen LogP contribution in [0.4, 0.5) is 5.69 Å². The molecule has 4 nitrogen and oxygen atoms in total. The minimum Gasteiger partial charge on any atom is -0.398 e. The zero-order valence-corrected chi connectivity index (χ0v) is 13.5. The van der Waals surface area contributed by atoms with Gasteiger partial charge in [-0.25, -0.2) is 13.1 Å². The first-order valence-corrected chi connectivity index (χ1v) is 9.00. The molecule has 0 aliphatic heterocycles. The van der Waals surface area contributed by atoms with Crippen LogP contribution in [0.2, 0.25) is 0 Å². The van der Waals surface area contributed by atoms with E-state index in [0.29, 0.717) is 11.8 Å². The van der Waals surface area contributed by atoms with Gasteiger partial charge in [0, 0.05) is 16.3 Å². The van der Waals surface area contributed by atoms with Crippen molar-refractivity contribution in [3.05, 3.63) is 22.7 Å². The molecular formula is C11H17BrN2O2S2. The van der Waals surface area contributed by atoms with Crippen molar-refractivity contribution in [1.82, 2.24) is 4.72 Å². The molecule has 0 spiro atoms. The number of hydrogen-bond donors (Lipinski definition) is 2. The first kappa shape index (κ1) is 15.8. The molecule has 7 heteroatoms. The van der Waals surface area contributed by atoms with Crippen LogP contribution in [0.5, 0.6) is 0 Å². The van der Waals surface area contributed by atoms with Crippen molar-refractivity contribution in [3.63, 3.8) is 0 Å². The van der Waals surface area contributed by atoms with Gasteiger partial charge in [-0.1, -0.05) is 22.9 Å². The highest BCUT2D eigenvalue weighted by Gasteiger charge is 2.17. The van der Waals surface area contributed by atoms with Crippen molar-refractivity contribution in [1.29, 1.82) is 0 Å². The summed E-state index contributed by atoms with van der Waals surface area (Å²) in [5.74, 6) is 0. The van der Waals surface area contributed by atoms with Gasteiger partial charge in [-0.2, -0.15) is 11.8 Å². The maximum Gasteiger partial charge on any atom is 0.242 e. The van der Waals surface area contributed by atoms with Crippen molar-refractivity contribution in [2.45, 2.75) is 23.5 Å². The number of anilines is 1. The Hall–Kier alpha value is -0.240. The Morgan fingerprint density at radius 1 is 1.50 bits per heavy atom. The molecule has 0 heterocycles. The normalized spacial score (nSPS) is 13.5. The van der Waals surface area contributed by atoms with Crippen molar-refractivity contribution >= 4 is 43.4 Å². The van der Waals surface area contributed by atoms with Gasteiger partial charge in [0.1, 0.15) is 4.90 Å². The van der Waals surface area contributed by atoms with Gasteiger partial charge in [0.2, 0.25) is 10.0 Å². The van der Waals surface area contributed by atoms with Gasteiger partial charge in [-0.15, -0.1) is 0 Å². The van der Waals surface area contributed by atoms with E-state index in [-0.39, 0.29) is 10.6 Å². The predicted molar refractivity (Wildman–Crippen MR) is 81.3 cm³/mol. The maximum absolute atomic E-state index is 12.0. The van der Waals surface area contributed by atoms with Crippen LogP contribution >= 0.6 is 27.7 Å². The number of thioether (sulfide) groups is 1. The van der Waals surface area contributed by atoms with Crippen molar-refractivity contribution < 1.29 is 8.42 Å². The molecule has 1 atom stereocenters. The van der Waals surface area contributed by atoms with Crippen LogP contribution in [0.1, 0.15) is 13.3 Å². The number of sulfonamides is 1. The van der Waals surface area contributed by atoms with Gasteiger partial charge in [-0.3, -0.25) is 0 Å². The predicted octanol–water partition coefficient (Wildman–Crippen LogP) is 2.45. The lowest BCUT2D eigenvalue weighted by molar-refractivity contribution is 0.579. The van der Waals surface area contributed by atoms with E-state index < -0.39 is 10.0 Å². The van der Waals surface area contributed by atoms with E-state index in [2.05, 4.69) is 27.6 Å². The summed E-state index contributed by atoms with van der Waals surface area (Å²) in [6.07, 6.45) is 2.79. The molecule has 0 saturated carbocycles. The Bertz CT molecular complexity index is 506. The molecule has 18 heavy (non-hydrogen) atoms. The topological polar surface area (TPSA) is 72.2 Å². The monoisotopic (exact) mass is 352 g/mol. The molecule has 0 saturated heterocycles. The van der Waals surface area contributed by atoms with E-state index >= 15 is 0 Å². The van der Waals surface area contributed by atoms with Gasteiger partial charge >= 0.3 is 0 Å². The number of halogens is 1. The molecule has 1 aromatic carbocycles. The summed E-state index contributed by atoms with van der Waals surface area (Å²) < 4.78 is 27.4. The molecule has 0 fully saturated rings. The smallest absolute Gasteiger partial charge is 0.242 e. The van der Waals surface area contributed by atoms with Crippen LogP contribution in [-0.2, 0) is 10.0 Å². The number of benzene rings is 1. The number of nitrogens with one attached hydrogen (secondary N) is 1. The minimum absolute atomic E-state index is 0.127. The first-order chi connectivity index (χ1) is 8.36. The molecule has 0 amide bonds. The lowest BCUT2D eigenvalue weighted by Crippen LogP contribution is -2.27. The SMILES string of the molecule is CSC(C)CCNS(=O)(=O)c1ccc(Br)cc1N. The first-order valence-electron chi connectivity index (χ1n) is 5.44. The second-order valence-electron chi connectivity index (χ2n) is 3.91. The second-order valence-corrected chi connectivity index (χ2v) is 7.84. The summed E-state index contributed by atoms with van der Waals surface area (Å²) in [5.41, 5.74) is 5.96. The highest BCUT2D eigenvalue weighted by molar-refractivity contribution is 9.10. The van der Waals surface area contributed by atoms with Gasteiger partial charge in [-0.05, 0) is 30.9 Å². The number of nitrogens with two attached hydrogens (primary N) is 1. The zero-order valence-electron chi connectivity index (χ0n) is 10.3. The number of nitrogen functional groups attached to an aromatic ring is 1. The molecule has 1 unspecified atom stereocenters. The van der Waals surface area contributed by atoms with Crippen LogP contribution in [0.25, 0.3) is 0 Å². The Balaban J connectivity index is 2.74. The van der Waals surface area contributed by atoms with E-state index in [1.807, 2.05) is 6.26 Å². The van der Waals surface area contributed by atoms with Crippen molar-refractivity contribution in [3.8, 4) is 0 Å². The summed E-state index contributed by atoms with van der Waals surface area (Å²) in [7, 11) is -3.52. The van der Waals surface area contributed by atoms with Crippen LogP contribution in [-0.4, -0.2) is 26.5 Å². The molecule has 0 bridgehead atoms. The largest absolute Gasteiger partial charge is 0.398 e. The van der Waals surface area contributed by atoms with Gasteiger partial charge in [0.15, 0.2) is 0 Å². The zero-order chi connectivity index (χ0) is 13.8. The average Bonchev–Trinajstić information content (AvgIpc) is 2.27. The van der Waals surface area contributed by atoms with E-state index in [1.165, 1.54) is 6.07 Å². The Kier molecular flexibility index (Phi) is 5.97. The number of hydrogen-bond acceptors (Lipinski definition) is 4. The maximum atomic E-state index is 12.0. The molecule has 0 aliphatic carbocycles. The van der Waals surface area contributed by atoms with E-state index in [1.54, 1.807) is 23.9 Å². The minimum atomic E-state index is -3.52. The quantitative estimate of drug-likeness (QED) is 0.771. The molecule has 3 N–H and O–H groups in total. The van der Waals surface area contributed by atoms with Gasteiger partial charge < -0.3 is 5.73 Å². The number of rotatable bonds is 6. The summed E-state index contributed by atoms with van der Waals surface area (Å²) in [4.78, 5) is 0.127. The average molecular weight is 353 g/mol. The fraction of sp³-hybridized carbons (Fsp3) is 0.455. The third-order valence-electron chi connectivity index (χ3n) is 2.51. The molecular weight excluding hydrogens is 336 g/mol. The van der Waals surface area contributed by atoms with Crippen LogP contribution in [0, 0.1) is 0 Å². The summed E-state index contributed by atoms with van der Waals surface area (Å²) >= 11 is 4.96. The Labute approximate surface area is 121 Å². The standard InChI is InChI=1S/C11H17BrN2O2S2/c1-8(17-2)5-6-14-18(15,16)11-4-3-9(12)7-10(11)13/h3-4,7-8,14H,5-6,13H2,1-2H3. The summed E-state index contributed by atoms with van der Waals surface area (Å²) in [6, 6.07) is 4.74. The molecule has 102 valence electrons. The Morgan fingerprint density at radius 3 is 2.72 bits per heavy atom.